The Morgan fingerprint density at radius 2 is 2.18 bits per heavy atom. The van der Waals surface area contributed by atoms with E-state index in [4.69, 9.17) is 5.73 Å². The first-order valence-electron chi connectivity index (χ1n) is 5.47. The van der Waals surface area contributed by atoms with Gasteiger partial charge in [0.15, 0.2) is 0 Å². The quantitative estimate of drug-likeness (QED) is 0.841. The highest BCUT2D eigenvalue weighted by atomic mass is 32.2. The van der Waals surface area contributed by atoms with Crippen molar-refractivity contribution in [2.75, 3.05) is 0 Å². The Labute approximate surface area is 105 Å². The number of nitrogens with two attached hydrogens (primary N) is 1. The summed E-state index contributed by atoms with van der Waals surface area (Å²) in [6, 6.07) is 6.37. The number of hydrogen-bond acceptors (Lipinski definition) is 4. The van der Waals surface area contributed by atoms with Crippen LogP contribution in [-0.4, -0.2) is 9.97 Å². The van der Waals surface area contributed by atoms with Crippen LogP contribution < -0.4 is 5.73 Å². The molecule has 0 atom stereocenters. The third kappa shape index (κ3) is 3.28. The fourth-order valence-corrected chi connectivity index (χ4v) is 2.46. The Kier molecular flexibility index (Phi) is 4.12. The zero-order chi connectivity index (χ0) is 12.1. The van der Waals surface area contributed by atoms with Crippen LogP contribution in [0.5, 0.6) is 0 Å². The van der Waals surface area contributed by atoms with Crippen LogP contribution in [-0.2, 0) is 12.3 Å². The van der Waals surface area contributed by atoms with Gasteiger partial charge in [-0.3, -0.25) is 4.98 Å². The molecule has 0 bridgehead atoms. The van der Waals surface area contributed by atoms with Crippen molar-refractivity contribution in [3.05, 3.63) is 53.5 Å². The predicted molar refractivity (Wildman–Crippen MR) is 70.7 cm³/mol. The van der Waals surface area contributed by atoms with Gasteiger partial charge in [-0.1, -0.05) is 18.2 Å². The highest BCUT2D eigenvalue weighted by Gasteiger charge is 2.01. The van der Waals surface area contributed by atoms with Crippen LogP contribution in [0, 0.1) is 6.92 Å². The van der Waals surface area contributed by atoms with Crippen molar-refractivity contribution in [3.8, 4) is 0 Å². The normalized spacial score (nSPS) is 10.5. The molecule has 1 aromatic carbocycles. The van der Waals surface area contributed by atoms with E-state index in [0.717, 1.165) is 10.8 Å². The molecule has 0 unspecified atom stereocenters. The standard InChI is InChI=1S/C13H15N3S/c1-10-6-11(7-14)2-3-12(10)9-17-13-8-15-4-5-16-13/h2-6,8H,7,9,14H2,1H3. The lowest BCUT2D eigenvalue weighted by Gasteiger charge is -2.07. The molecule has 17 heavy (non-hydrogen) atoms. The average Bonchev–Trinajstić information content (AvgIpc) is 2.38. The number of rotatable bonds is 4. The highest BCUT2D eigenvalue weighted by Crippen LogP contribution is 2.22. The van der Waals surface area contributed by atoms with Gasteiger partial charge in [0.05, 0.1) is 6.20 Å². The van der Waals surface area contributed by atoms with E-state index in [1.807, 2.05) is 0 Å². The summed E-state index contributed by atoms with van der Waals surface area (Å²) in [5, 5.41) is 0.954. The summed E-state index contributed by atoms with van der Waals surface area (Å²) in [6.45, 7) is 2.71. The monoisotopic (exact) mass is 245 g/mol. The average molecular weight is 245 g/mol. The first kappa shape index (κ1) is 12.1. The molecule has 0 aliphatic heterocycles. The van der Waals surface area contributed by atoms with Gasteiger partial charge in [0.1, 0.15) is 5.03 Å². The minimum Gasteiger partial charge on any atom is -0.326 e. The minimum atomic E-state index is 0.596. The summed E-state index contributed by atoms with van der Waals surface area (Å²) in [5.74, 6) is 0.912. The molecule has 3 nitrogen and oxygen atoms in total. The van der Waals surface area contributed by atoms with Gasteiger partial charge in [-0.15, -0.1) is 11.8 Å². The van der Waals surface area contributed by atoms with Gasteiger partial charge in [-0.2, -0.15) is 0 Å². The molecule has 1 heterocycles. The van der Waals surface area contributed by atoms with E-state index in [0.29, 0.717) is 6.54 Å². The topological polar surface area (TPSA) is 51.8 Å². The lowest BCUT2D eigenvalue weighted by molar-refractivity contribution is 1.05. The Morgan fingerprint density at radius 1 is 1.29 bits per heavy atom. The molecule has 2 aromatic rings. The molecule has 4 heteroatoms. The van der Waals surface area contributed by atoms with E-state index in [1.54, 1.807) is 30.4 Å². The largest absolute Gasteiger partial charge is 0.326 e. The van der Waals surface area contributed by atoms with E-state index >= 15 is 0 Å². The second kappa shape index (κ2) is 5.80. The molecular weight excluding hydrogens is 230 g/mol. The summed E-state index contributed by atoms with van der Waals surface area (Å²) in [5.41, 5.74) is 9.39. The Balaban J connectivity index is 2.04. The van der Waals surface area contributed by atoms with Crippen LogP contribution in [0.1, 0.15) is 16.7 Å². The maximum Gasteiger partial charge on any atom is 0.115 e. The maximum absolute atomic E-state index is 5.61. The summed E-state index contributed by atoms with van der Waals surface area (Å²) in [7, 11) is 0. The van der Waals surface area contributed by atoms with Crippen LogP contribution in [0.25, 0.3) is 0 Å². The van der Waals surface area contributed by atoms with Crippen molar-refractivity contribution in [1.29, 1.82) is 0 Å². The van der Waals surface area contributed by atoms with Crippen LogP contribution in [0.3, 0.4) is 0 Å². The number of thioether (sulfide) groups is 1. The lowest BCUT2D eigenvalue weighted by Crippen LogP contribution is -1.97. The Bertz CT molecular complexity index is 485. The third-order valence-electron chi connectivity index (χ3n) is 2.56. The van der Waals surface area contributed by atoms with Crippen LogP contribution in [0.4, 0.5) is 0 Å². The van der Waals surface area contributed by atoms with Gasteiger partial charge in [-0.25, -0.2) is 4.98 Å². The van der Waals surface area contributed by atoms with Crippen molar-refractivity contribution in [3.63, 3.8) is 0 Å². The van der Waals surface area contributed by atoms with Gasteiger partial charge in [0.2, 0.25) is 0 Å². The van der Waals surface area contributed by atoms with Crippen LogP contribution in [0.15, 0.2) is 41.8 Å². The lowest BCUT2D eigenvalue weighted by atomic mass is 10.1. The van der Waals surface area contributed by atoms with Crippen molar-refractivity contribution in [2.45, 2.75) is 24.2 Å². The molecular formula is C13H15N3S. The molecule has 0 saturated carbocycles. The Hall–Kier alpha value is -1.39. The first-order chi connectivity index (χ1) is 8.29. The second-order valence-electron chi connectivity index (χ2n) is 3.80. The van der Waals surface area contributed by atoms with E-state index in [-0.39, 0.29) is 0 Å². The number of aryl methyl sites for hydroxylation is 1. The molecule has 88 valence electrons. The fraction of sp³-hybridized carbons (Fsp3) is 0.231. The van der Waals surface area contributed by atoms with Gasteiger partial charge in [-0.05, 0) is 23.6 Å². The Morgan fingerprint density at radius 3 is 2.82 bits per heavy atom. The zero-order valence-corrected chi connectivity index (χ0v) is 10.6. The SMILES string of the molecule is Cc1cc(CN)ccc1CSc1cnccn1. The summed E-state index contributed by atoms with van der Waals surface area (Å²) < 4.78 is 0. The second-order valence-corrected chi connectivity index (χ2v) is 4.79. The van der Waals surface area contributed by atoms with Crippen molar-refractivity contribution < 1.29 is 0 Å². The number of hydrogen-bond donors (Lipinski definition) is 1. The molecule has 0 fully saturated rings. The molecule has 0 radical (unpaired) electrons. The molecule has 2 rings (SSSR count). The molecule has 0 amide bonds. The molecule has 0 saturated heterocycles. The van der Waals surface area contributed by atoms with Crippen molar-refractivity contribution in [1.82, 2.24) is 9.97 Å². The van der Waals surface area contributed by atoms with Crippen molar-refractivity contribution >= 4 is 11.8 Å². The fourth-order valence-electron chi connectivity index (χ4n) is 1.56. The minimum absolute atomic E-state index is 0.596. The van der Waals surface area contributed by atoms with Gasteiger partial charge in [0.25, 0.3) is 0 Å². The van der Waals surface area contributed by atoms with Gasteiger partial charge in [0, 0.05) is 24.7 Å². The number of nitrogens with zero attached hydrogens (tertiary/aromatic N) is 2. The van der Waals surface area contributed by atoms with Crippen LogP contribution >= 0.6 is 11.8 Å². The molecule has 0 aliphatic rings. The van der Waals surface area contributed by atoms with E-state index < -0.39 is 0 Å². The first-order valence-corrected chi connectivity index (χ1v) is 6.45. The highest BCUT2D eigenvalue weighted by molar-refractivity contribution is 7.98. The summed E-state index contributed by atoms with van der Waals surface area (Å²) >= 11 is 1.70. The van der Waals surface area contributed by atoms with E-state index in [9.17, 15) is 0 Å². The molecule has 0 aliphatic carbocycles. The smallest absolute Gasteiger partial charge is 0.115 e. The summed E-state index contributed by atoms with van der Waals surface area (Å²) in [6.07, 6.45) is 5.19. The third-order valence-corrected chi connectivity index (χ3v) is 3.52. The molecule has 2 N–H and O–H groups in total. The predicted octanol–water partition coefficient (Wildman–Crippen LogP) is 2.54. The maximum atomic E-state index is 5.61. The molecule has 0 spiro atoms. The number of benzene rings is 1. The zero-order valence-electron chi connectivity index (χ0n) is 9.76. The van der Waals surface area contributed by atoms with E-state index in [2.05, 4.69) is 35.1 Å². The van der Waals surface area contributed by atoms with Crippen molar-refractivity contribution in [2.24, 2.45) is 5.73 Å². The summed E-state index contributed by atoms with van der Waals surface area (Å²) in [4.78, 5) is 8.28. The van der Waals surface area contributed by atoms with E-state index in [1.165, 1.54) is 16.7 Å². The van der Waals surface area contributed by atoms with Gasteiger partial charge < -0.3 is 5.73 Å². The molecule has 1 aromatic heterocycles. The van der Waals surface area contributed by atoms with Crippen LogP contribution in [0.2, 0.25) is 0 Å². The number of aromatic nitrogens is 2. The van der Waals surface area contributed by atoms with Gasteiger partial charge >= 0.3 is 0 Å².